The fourth-order valence-electron chi connectivity index (χ4n) is 4.97. The molecule has 2 fully saturated rings. The third kappa shape index (κ3) is 3.67. The number of aromatic nitrogens is 3. The number of carbonyl (C=O) groups excluding carboxylic acids is 1. The standard InChI is InChI=1S/C23H25N5O3/c1-31-19-11-16-14-27(13-15(16)10-18(19)26-20-6-2-4-8-24-20)22(29)17-12-25-21-7-3-5-9-28(21)23(17)30/h2-9,12,15-16,18-19H,10-11,13-14H2,1H3,(H,24,26)/t15-,16+,18-,19-/m1/s1. The highest BCUT2D eigenvalue weighted by Gasteiger charge is 2.44. The number of pyridine rings is 2. The van der Waals surface area contributed by atoms with Crippen molar-refractivity contribution < 1.29 is 9.53 Å². The topological polar surface area (TPSA) is 88.8 Å². The third-order valence-electron chi connectivity index (χ3n) is 6.55. The van der Waals surface area contributed by atoms with Gasteiger partial charge in [-0.15, -0.1) is 0 Å². The predicted molar refractivity (Wildman–Crippen MR) is 116 cm³/mol. The van der Waals surface area contributed by atoms with Gasteiger partial charge in [-0.25, -0.2) is 9.97 Å². The maximum atomic E-state index is 13.2. The zero-order valence-corrected chi connectivity index (χ0v) is 17.3. The number of methoxy groups -OCH3 is 1. The van der Waals surface area contributed by atoms with Crippen molar-refractivity contribution in [2.45, 2.75) is 25.0 Å². The zero-order valence-electron chi connectivity index (χ0n) is 17.3. The van der Waals surface area contributed by atoms with Crippen molar-refractivity contribution in [2.75, 3.05) is 25.5 Å². The smallest absolute Gasteiger partial charge is 0.270 e. The molecule has 1 amide bonds. The second kappa shape index (κ2) is 8.11. The van der Waals surface area contributed by atoms with E-state index in [4.69, 9.17) is 4.74 Å². The largest absolute Gasteiger partial charge is 0.379 e. The molecule has 8 heteroatoms. The summed E-state index contributed by atoms with van der Waals surface area (Å²) in [4.78, 5) is 36.5. The summed E-state index contributed by atoms with van der Waals surface area (Å²) in [5, 5.41) is 3.50. The number of carbonyl (C=O) groups is 1. The van der Waals surface area contributed by atoms with Gasteiger partial charge >= 0.3 is 0 Å². The van der Waals surface area contributed by atoms with Gasteiger partial charge in [-0.1, -0.05) is 12.1 Å². The maximum Gasteiger partial charge on any atom is 0.270 e. The van der Waals surface area contributed by atoms with E-state index >= 15 is 0 Å². The van der Waals surface area contributed by atoms with Gasteiger partial charge in [-0.05, 0) is 48.9 Å². The van der Waals surface area contributed by atoms with E-state index in [9.17, 15) is 9.59 Å². The Hall–Kier alpha value is -3.26. The van der Waals surface area contributed by atoms with E-state index in [1.165, 1.54) is 10.6 Å². The molecule has 1 saturated heterocycles. The van der Waals surface area contributed by atoms with Crippen LogP contribution in [0.4, 0.5) is 5.82 Å². The molecule has 1 N–H and O–H groups in total. The van der Waals surface area contributed by atoms with Crippen molar-refractivity contribution in [3.05, 3.63) is 70.9 Å². The average Bonchev–Trinajstić information content (AvgIpc) is 3.22. The van der Waals surface area contributed by atoms with Crippen LogP contribution in [0.3, 0.4) is 0 Å². The number of likely N-dealkylation sites (tertiary alicyclic amines) is 1. The molecule has 0 unspecified atom stereocenters. The van der Waals surface area contributed by atoms with Crippen LogP contribution in [0.15, 0.2) is 59.8 Å². The van der Waals surface area contributed by atoms with Crippen LogP contribution in [0.1, 0.15) is 23.2 Å². The molecular formula is C23H25N5O3. The summed E-state index contributed by atoms with van der Waals surface area (Å²) in [7, 11) is 1.73. The highest BCUT2D eigenvalue weighted by molar-refractivity contribution is 5.94. The third-order valence-corrected chi connectivity index (χ3v) is 6.55. The van der Waals surface area contributed by atoms with Gasteiger partial charge in [0.1, 0.15) is 17.0 Å². The van der Waals surface area contributed by atoms with Gasteiger partial charge in [0, 0.05) is 38.8 Å². The van der Waals surface area contributed by atoms with E-state index < -0.39 is 0 Å². The van der Waals surface area contributed by atoms with E-state index in [0.29, 0.717) is 30.6 Å². The summed E-state index contributed by atoms with van der Waals surface area (Å²) in [6.07, 6.45) is 6.62. The SMILES string of the molecule is CO[C@@H]1C[C@H]2CN(C(=O)c3cnc4ccccn4c3=O)C[C@H]2C[C@H]1Nc1ccccn1. The normalized spacial score (nSPS) is 25.4. The number of nitrogens with zero attached hydrogens (tertiary/aromatic N) is 4. The van der Waals surface area contributed by atoms with Crippen molar-refractivity contribution in [2.24, 2.45) is 11.8 Å². The lowest BCUT2D eigenvalue weighted by Gasteiger charge is -2.37. The van der Waals surface area contributed by atoms with E-state index in [1.807, 2.05) is 24.3 Å². The molecule has 1 saturated carbocycles. The molecule has 1 aliphatic heterocycles. The van der Waals surface area contributed by atoms with Gasteiger partial charge in [0.15, 0.2) is 0 Å². The second-order valence-electron chi connectivity index (χ2n) is 8.35. The van der Waals surface area contributed by atoms with Crippen LogP contribution in [0.25, 0.3) is 5.65 Å². The number of amides is 1. The Morgan fingerprint density at radius 3 is 2.68 bits per heavy atom. The fourth-order valence-corrected chi connectivity index (χ4v) is 4.97. The van der Waals surface area contributed by atoms with Gasteiger partial charge in [0.05, 0.1) is 12.1 Å². The number of fused-ring (bicyclic) bond motifs is 2. The molecule has 0 spiro atoms. The average molecular weight is 419 g/mol. The molecule has 0 radical (unpaired) electrons. The highest BCUT2D eigenvalue weighted by Crippen LogP contribution is 2.38. The van der Waals surface area contributed by atoms with Crippen LogP contribution in [0.2, 0.25) is 0 Å². The first-order valence-electron chi connectivity index (χ1n) is 10.6. The monoisotopic (exact) mass is 419 g/mol. The van der Waals surface area contributed by atoms with Crippen molar-refractivity contribution in [3.8, 4) is 0 Å². The Kier molecular flexibility index (Phi) is 5.15. The summed E-state index contributed by atoms with van der Waals surface area (Å²) >= 11 is 0. The Balaban J connectivity index is 1.34. The van der Waals surface area contributed by atoms with E-state index in [-0.39, 0.29) is 29.2 Å². The fraction of sp³-hybridized carbons (Fsp3) is 0.391. The minimum atomic E-state index is -0.324. The highest BCUT2D eigenvalue weighted by atomic mass is 16.5. The van der Waals surface area contributed by atoms with E-state index in [1.54, 1.807) is 36.5 Å². The molecule has 1 aliphatic carbocycles. The molecule has 160 valence electrons. The molecule has 5 rings (SSSR count). The van der Waals surface area contributed by atoms with Gasteiger partial charge in [-0.3, -0.25) is 14.0 Å². The maximum absolute atomic E-state index is 13.2. The number of ether oxygens (including phenoxy) is 1. The number of rotatable bonds is 4. The minimum Gasteiger partial charge on any atom is -0.379 e. The molecule has 31 heavy (non-hydrogen) atoms. The predicted octanol–water partition coefficient (Wildman–Crippen LogP) is 2.07. The summed E-state index contributed by atoms with van der Waals surface area (Å²) in [6, 6.07) is 11.2. The molecule has 4 atom stereocenters. The molecule has 4 heterocycles. The minimum absolute atomic E-state index is 0.0475. The number of nitrogens with one attached hydrogen (secondary N) is 1. The van der Waals surface area contributed by atoms with Crippen LogP contribution in [-0.4, -0.2) is 57.5 Å². The van der Waals surface area contributed by atoms with Crippen LogP contribution >= 0.6 is 0 Å². The van der Waals surface area contributed by atoms with Crippen LogP contribution in [0, 0.1) is 11.8 Å². The summed E-state index contributed by atoms with van der Waals surface area (Å²) in [6.45, 7) is 1.27. The zero-order chi connectivity index (χ0) is 21.4. The summed E-state index contributed by atoms with van der Waals surface area (Å²) < 4.78 is 7.20. The summed E-state index contributed by atoms with van der Waals surface area (Å²) in [5.41, 5.74) is 0.328. The molecule has 3 aromatic rings. The number of hydrogen-bond acceptors (Lipinski definition) is 6. The second-order valence-corrected chi connectivity index (χ2v) is 8.35. The summed E-state index contributed by atoms with van der Waals surface area (Å²) in [5.74, 6) is 1.29. The van der Waals surface area contributed by atoms with Crippen molar-refractivity contribution in [1.29, 1.82) is 0 Å². The van der Waals surface area contributed by atoms with E-state index in [2.05, 4.69) is 15.3 Å². The van der Waals surface area contributed by atoms with Crippen molar-refractivity contribution >= 4 is 17.4 Å². The Morgan fingerprint density at radius 1 is 1.10 bits per heavy atom. The van der Waals surface area contributed by atoms with Gasteiger partial charge in [-0.2, -0.15) is 0 Å². The Morgan fingerprint density at radius 2 is 1.90 bits per heavy atom. The van der Waals surface area contributed by atoms with Crippen LogP contribution < -0.4 is 10.9 Å². The molecule has 3 aromatic heterocycles. The van der Waals surface area contributed by atoms with Crippen molar-refractivity contribution in [3.63, 3.8) is 0 Å². The van der Waals surface area contributed by atoms with E-state index in [0.717, 1.165) is 18.7 Å². The lowest BCUT2D eigenvalue weighted by atomic mass is 9.77. The first-order chi connectivity index (χ1) is 15.1. The number of hydrogen-bond donors (Lipinski definition) is 1. The lowest BCUT2D eigenvalue weighted by molar-refractivity contribution is 0.0304. The van der Waals surface area contributed by atoms with Gasteiger partial charge < -0.3 is 15.0 Å². The molecule has 0 bridgehead atoms. The van der Waals surface area contributed by atoms with Crippen LogP contribution in [-0.2, 0) is 4.74 Å². The first kappa shape index (κ1) is 19.7. The van der Waals surface area contributed by atoms with Crippen LogP contribution in [0.5, 0.6) is 0 Å². The first-order valence-corrected chi connectivity index (χ1v) is 10.6. The Labute approximate surface area is 179 Å². The van der Waals surface area contributed by atoms with Gasteiger partial charge in [0.25, 0.3) is 11.5 Å². The Bertz CT molecular complexity index is 1150. The van der Waals surface area contributed by atoms with Gasteiger partial charge in [0.2, 0.25) is 0 Å². The molecule has 2 aliphatic rings. The molecule has 0 aromatic carbocycles. The molecular weight excluding hydrogens is 394 g/mol. The quantitative estimate of drug-likeness (QED) is 0.697. The molecule has 8 nitrogen and oxygen atoms in total. The number of anilines is 1. The lowest BCUT2D eigenvalue weighted by Crippen LogP contribution is -2.44. The van der Waals surface area contributed by atoms with Crippen molar-refractivity contribution in [1.82, 2.24) is 19.3 Å².